The molecular formula is C26H25ClN4O3Si. The van der Waals surface area contributed by atoms with E-state index in [0.29, 0.717) is 32.5 Å². The Balaban J connectivity index is 1.72. The van der Waals surface area contributed by atoms with E-state index in [1.54, 1.807) is 32.7 Å². The number of nitrogens with one attached hydrogen (secondary N) is 2. The molecule has 1 amide bonds. The Kier molecular flexibility index (Phi) is 7.04. The van der Waals surface area contributed by atoms with Gasteiger partial charge < -0.3 is 20.1 Å². The van der Waals surface area contributed by atoms with Crippen LogP contribution in [0.25, 0.3) is 22.0 Å². The molecule has 0 aliphatic carbocycles. The number of fused-ring (bicyclic) bond motifs is 1. The molecule has 0 fully saturated rings. The number of benzene rings is 2. The number of aromatic nitrogens is 2. The molecule has 0 aliphatic rings. The predicted octanol–water partition coefficient (Wildman–Crippen LogP) is 4.13. The minimum absolute atomic E-state index is 0.284. The lowest BCUT2D eigenvalue weighted by atomic mass is 10.1. The monoisotopic (exact) mass is 504 g/mol. The van der Waals surface area contributed by atoms with Gasteiger partial charge in [0.25, 0.3) is 0 Å². The standard InChI is InChI=1S/C26H25ClN4O3Si/c1-5-22(32)30-17-8-6-7-14(2)25(17)31-21-10-16-12-28-18(9-15(16)13-29-21)23-24(27)19(33-3)11-20(34-4)26(23)35/h5-13H,1H2,2-4,35H3,(H,29,31)(H,30,32). The van der Waals surface area contributed by atoms with Crippen LogP contribution in [-0.2, 0) is 4.79 Å². The van der Waals surface area contributed by atoms with Crippen LogP contribution in [0.15, 0.2) is 61.4 Å². The number of pyridine rings is 2. The molecule has 0 atom stereocenters. The van der Waals surface area contributed by atoms with E-state index in [0.717, 1.165) is 44.2 Å². The van der Waals surface area contributed by atoms with E-state index in [1.165, 1.54) is 6.08 Å². The number of ether oxygens (including phenoxy) is 2. The molecule has 0 bridgehead atoms. The molecule has 178 valence electrons. The molecule has 0 radical (unpaired) electrons. The number of carbonyl (C=O) groups is 1. The van der Waals surface area contributed by atoms with Crippen LogP contribution in [0.2, 0.25) is 5.02 Å². The summed E-state index contributed by atoms with van der Waals surface area (Å²) in [6.45, 7) is 5.47. The zero-order valence-electron chi connectivity index (χ0n) is 19.9. The summed E-state index contributed by atoms with van der Waals surface area (Å²) in [6.07, 6.45) is 4.80. The third-order valence-electron chi connectivity index (χ3n) is 5.71. The molecule has 9 heteroatoms. The maximum atomic E-state index is 11.8. The second-order valence-corrected chi connectivity index (χ2v) is 9.28. The van der Waals surface area contributed by atoms with Crippen molar-refractivity contribution < 1.29 is 14.3 Å². The van der Waals surface area contributed by atoms with E-state index in [2.05, 4.69) is 27.2 Å². The first-order chi connectivity index (χ1) is 16.9. The number of hydrogen-bond donors (Lipinski definition) is 2. The van der Waals surface area contributed by atoms with Crippen molar-refractivity contribution in [2.45, 2.75) is 6.92 Å². The summed E-state index contributed by atoms with van der Waals surface area (Å²) in [5.41, 5.74) is 3.90. The lowest BCUT2D eigenvalue weighted by Gasteiger charge is -2.16. The van der Waals surface area contributed by atoms with Crippen LogP contribution < -0.4 is 25.3 Å². The summed E-state index contributed by atoms with van der Waals surface area (Å²) >= 11 is 6.66. The lowest BCUT2D eigenvalue weighted by Crippen LogP contribution is -2.13. The number of rotatable bonds is 7. The van der Waals surface area contributed by atoms with Gasteiger partial charge >= 0.3 is 0 Å². The van der Waals surface area contributed by atoms with Gasteiger partial charge in [0.05, 0.1) is 36.3 Å². The topological polar surface area (TPSA) is 85.4 Å². The molecule has 35 heavy (non-hydrogen) atoms. The summed E-state index contributed by atoms with van der Waals surface area (Å²) in [4.78, 5) is 21.1. The average molecular weight is 505 g/mol. The first-order valence-electron chi connectivity index (χ1n) is 10.8. The number of amides is 1. The van der Waals surface area contributed by atoms with Gasteiger partial charge in [0.2, 0.25) is 5.91 Å². The van der Waals surface area contributed by atoms with Crippen molar-refractivity contribution >= 4 is 60.9 Å². The van der Waals surface area contributed by atoms with E-state index >= 15 is 0 Å². The predicted molar refractivity (Wildman–Crippen MR) is 146 cm³/mol. The molecule has 0 unspecified atom stereocenters. The maximum Gasteiger partial charge on any atom is 0.247 e. The van der Waals surface area contributed by atoms with E-state index < -0.39 is 0 Å². The molecule has 7 nitrogen and oxygen atoms in total. The number of carbonyl (C=O) groups excluding carboxylic acids is 1. The van der Waals surface area contributed by atoms with Gasteiger partial charge in [0.1, 0.15) is 17.3 Å². The van der Waals surface area contributed by atoms with Crippen molar-refractivity contribution in [2.24, 2.45) is 0 Å². The fourth-order valence-corrected chi connectivity index (χ4v) is 5.24. The van der Waals surface area contributed by atoms with E-state index in [-0.39, 0.29) is 5.91 Å². The van der Waals surface area contributed by atoms with Gasteiger partial charge in [0, 0.05) is 45.0 Å². The second kappa shape index (κ2) is 10.2. The van der Waals surface area contributed by atoms with Gasteiger partial charge in [0.15, 0.2) is 0 Å². The highest BCUT2D eigenvalue weighted by Gasteiger charge is 2.18. The fourth-order valence-electron chi connectivity index (χ4n) is 3.86. The largest absolute Gasteiger partial charge is 0.497 e. The highest BCUT2D eigenvalue weighted by atomic mass is 35.5. The van der Waals surface area contributed by atoms with E-state index in [9.17, 15) is 4.79 Å². The molecule has 4 aromatic rings. The number of methoxy groups -OCH3 is 2. The smallest absolute Gasteiger partial charge is 0.247 e. The van der Waals surface area contributed by atoms with Crippen molar-refractivity contribution in [3.8, 4) is 22.8 Å². The van der Waals surface area contributed by atoms with E-state index in [4.69, 9.17) is 21.1 Å². The number of aryl methyl sites for hydroxylation is 1. The molecule has 2 heterocycles. The summed E-state index contributed by atoms with van der Waals surface area (Å²) in [5.74, 6) is 1.61. The Hall–Kier alpha value is -3.88. The van der Waals surface area contributed by atoms with Crippen molar-refractivity contribution in [1.29, 1.82) is 0 Å². The SMILES string of the molecule is C=CC(=O)Nc1cccc(C)c1Nc1cc2cnc(-c3c([SiH3])c(OC)cc(OC)c3Cl)cc2cn1. The van der Waals surface area contributed by atoms with Crippen LogP contribution in [0.1, 0.15) is 5.56 Å². The Morgan fingerprint density at radius 3 is 2.51 bits per heavy atom. The fraction of sp³-hybridized carbons (Fsp3) is 0.115. The Bertz CT molecular complexity index is 1430. The molecule has 2 aromatic carbocycles. The zero-order chi connectivity index (χ0) is 25.1. The van der Waals surface area contributed by atoms with Crippen LogP contribution in [-0.4, -0.2) is 40.3 Å². The van der Waals surface area contributed by atoms with Crippen molar-refractivity contribution in [3.63, 3.8) is 0 Å². The van der Waals surface area contributed by atoms with Crippen molar-refractivity contribution in [1.82, 2.24) is 9.97 Å². The molecule has 0 saturated carbocycles. The average Bonchev–Trinajstić information content (AvgIpc) is 2.86. The van der Waals surface area contributed by atoms with Crippen LogP contribution in [0.5, 0.6) is 11.5 Å². The molecule has 4 rings (SSSR count). The van der Waals surface area contributed by atoms with Crippen LogP contribution in [0, 0.1) is 6.92 Å². The minimum Gasteiger partial charge on any atom is -0.497 e. The Labute approximate surface area is 211 Å². The van der Waals surface area contributed by atoms with Gasteiger partial charge in [-0.2, -0.15) is 0 Å². The van der Waals surface area contributed by atoms with Gasteiger partial charge in [-0.15, -0.1) is 0 Å². The molecule has 2 aromatic heterocycles. The maximum absolute atomic E-state index is 11.8. The van der Waals surface area contributed by atoms with E-state index in [1.807, 2.05) is 37.3 Å². The quantitative estimate of drug-likeness (QED) is 0.291. The van der Waals surface area contributed by atoms with Gasteiger partial charge in [-0.25, -0.2) is 4.98 Å². The zero-order valence-corrected chi connectivity index (χ0v) is 22.7. The first-order valence-corrected chi connectivity index (χ1v) is 12.2. The molecule has 2 N–H and O–H groups in total. The lowest BCUT2D eigenvalue weighted by molar-refractivity contribution is -0.111. The molecule has 0 saturated heterocycles. The third kappa shape index (κ3) is 4.84. The van der Waals surface area contributed by atoms with Crippen molar-refractivity contribution in [3.05, 3.63) is 72.0 Å². The third-order valence-corrected chi connectivity index (χ3v) is 7.08. The van der Waals surface area contributed by atoms with Gasteiger partial charge in [-0.1, -0.05) is 30.3 Å². The molecule has 0 aliphatic heterocycles. The minimum atomic E-state index is -0.284. The summed E-state index contributed by atoms with van der Waals surface area (Å²) < 4.78 is 11.0. The van der Waals surface area contributed by atoms with Gasteiger partial charge in [-0.05, 0) is 41.9 Å². The van der Waals surface area contributed by atoms with Crippen molar-refractivity contribution in [2.75, 3.05) is 24.9 Å². The van der Waals surface area contributed by atoms with Crippen LogP contribution in [0.3, 0.4) is 0 Å². The highest BCUT2D eigenvalue weighted by Crippen LogP contribution is 2.37. The molecule has 0 spiro atoms. The number of anilines is 3. The first kappa shape index (κ1) is 24.2. The highest BCUT2D eigenvalue weighted by molar-refractivity contribution is 6.43. The number of halogens is 1. The normalized spacial score (nSPS) is 10.7. The number of hydrogen-bond acceptors (Lipinski definition) is 6. The number of para-hydroxylation sites is 1. The number of nitrogens with zero attached hydrogens (tertiary/aromatic N) is 2. The van der Waals surface area contributed by atoms with Crippen LogP contribution in [0.4, 0.5) is 17.2 Å². The molecular weight excluding hydrogens is 480 g/mol. The van der Waals surface area contributed by atoms with Gasteiger partial charge in [-0.3, -0.25) is 9.78 Å². The summed E-state index contributed by atoms with van der Waals surface area (Å²) in [7, 11) is 3.92. The Morgan fingerprint density at radius 2 is 1.80 bits per heavy atom. The summed E-state index contributed by atoms with van der Waals surface area (Å²) in [5, 5.41) is 9.46. The van der Waals surface area contributed by atoms with Crippen LogP contribution >= 0.6 is 11.6 Å². The second-order valence-electron chi connectivity index (χ2n) is 7.90. The summed E-state index contributed by atoms with van der Waals surface area (Å²) in [6, 6.07) is 11.3. The Morgan fingerprint density at radius 1 is 1.09 bits per heavy atom.